The second-order valence-corrected chi connectivity index (χ2v) is 4.94. The van der Waals surface area contributed by atoms with E-state index in [1.165, 1.54) is 5.75 Å². The lowest BCUT2D eigenvalue weighted by Crippen LogP contribution is -2.45. The summed E-state index contributed by atoms with van der Waals surface area (Å²) in [5, 5.41) is 3.54. The van der Waals surface area contributed by atoms with E-state index in [2.05, 4.69) is 11.6 Å². The standard InChI is InChI=1S/C11H22N2OS/c1-3-11(14)13-7-4-10(5-8-13)12-6-9-15-2/h10,12H,3-9H2,1-2H3. The SMILES string of the molecule is CCC(=O)N1CCC(NCCSC)CC1. The van der Waals surface area contributed by atoms with E-state index in [1.54, 1.807) is 0 Å². The molecule has 1 aliphatic heterocycles. The number of hydrogen-bond acceptors (Lipinski definition) is 3. The predicted octanol–water partition coefficient (Wildman–Crippen LogP) is 1.34. The first-order chi connectivity index (χ1) is 7.27. The van der Waals surface area contributed by atoms with Gasteiger partial charge < -0.3 is 10.2 Å². The fourth-order valence-corrected chi connectivity index (χ4v) is 2.24. The summed E-state index contributed by atoms with van der Waals surface area (Å²) < 4.78 is 0. The van der Waals surface area contributed by atoms with Crippen LogP contribution in [-0.2, 0) is 4.79 Å². The molecule has 0 unspecified atom stereocenters. The average Bonchev–Trinajstić information content (AvgIpc) is 2.29. The lowest BCUT2D eigenvalue weighted by atomic mass is 10.0. The first-order valence-corrected chi connectivity index (χ1v) is 7.17. The van der Waals surface area contributed by atoms with Gasteiger partial charge in [0.05, 0.1) is 0 Å². The summed E-state index contributed by atoms with van der Waals surface area (Å²) in [7, 11) is 0. The summed E-state index contributed by atoms with van der Waals surface area (Å²) in [5.41, 5.74) is 0. The van der Waals surface area contributed by atoms with Gasteiger partial charge in [-0.3, -0.25) is 4.79 Å². The van der Waals surface area contributed by atoms with Crippen molar-refractivity contribution in [3.8, 4) is 0 Å². The molecular weight excluding hydrogens is 208 g/mol. The largest absolute Gasteiger partial charge is 0.343 e. The number of carbonyl (C=O) groups excluding carboxylic acids is 1. The average molecular weight is 230 g/mol. The van der Waals surface area contributed by atoms with Crippen LogP contribution in [0.1, 0.15) is 26.2 Å². The highest BCUT2D eigenvalue weighted by Crippen LogP contribution is 2.11. The predicted molar refractivity (Wildman–Crippen MR) is 66.3 cm³/mol. The molecule has 0 aromatic carbocycles. The second-order valence-electron chi connectivity index (χ2n) is 3.96. The van der Waals surface area contributed by atoms with Gasteiger partial charge in [0.25, 0.3) is 0 Å². The van der Waals surface area contributed by atoms with Gasteiger partial charge in [-0.25, -0.2) is 0 Å². The van der Waals surface area contributed by atoms with Gasteiger partial charge in [-0.1, -0.05) is 6.92 Å². The molecule has 1 N–H and O–H groups in total. The molecule has 0 radical (unpaired) electrons. The molecule has 1 amide bonds. The molecule has 0 saturated carbocycles. The summed E-state index contributed by atoms with van der Waals surface area (Å²) in [4.78, 5) is 13.4. The molecule has 0 atom stereocenters. The highest BCUT2D eigenvalue weighted by molar-refractivity contribution is 7.98. The fourth-order valence-electron chi connectivity index (χ4n) is 1.92. The minimum Gasteiger partial charge on any atom is -0.343 e. The van der Waals surface area contributed by atoms with Crippen LogP contribution < -0.4 is 5.32 Å². The molecule has 4 heteroatoms. The zero-order chi connectivity index (χ0) is 11.1. The first kappa shape index (κ1) is 12.8. The molecule has 1 heterocycles. The minimum atomic E-state index is 0.303. The molecule has 1 saturated heterocycles. The van der Waals surface area contributed by atoms with Crippen LogP contribution >= 0.6 is 11.8 Å². The van der Waals surface area contributed by atoms with E-state index in [-0.39, 0.29) is 0 Å². The van der Waals surface area contributed by atoms with Gasteiger partial charge in [-0.05, 0) is 19.1 Å². The van der Waals surface area contributed by atoms with E-state index < -0.39 is 0 Å². The lowest BCUT2D eigenvalue weighted by molar-refractivity contribution is -0.131. The molecule has 3 nitrogen and oxygen atoms in total. The fraction of sp³-hybridized carbons (Fsp3) is 0.909. The van der Waals surface area contributed by atoms with Crippen molar-refractivity contribution in [1.82, 2.24) is 10.2 Å². The van der Waals surface area contributed by atoms with E-state index in [1.807, 2.05) is 23.6 Å². The maximum absolute atomic E-state index is 11.4. The van der Waals surface area contributed by atoms with Gasteiger partial charge in [0.1, 0.15) is 0 Å². The van der Waals surface area contributed by atoms with E-state index in [9.17, 15) is 4.79 Å². The van der Waals surface area contributed by atoms with Gasteiger partial charge in [0.2, 0.25) is 5.91 Å². The van der Waals surface area contributed by atoms with Gasteiger partial charge >= 0.3 is 0 Å². The van der Waals surface area contributed by atoms with Crippen LogP contribution in [0.25, 0.3) is 0 Å². The number of likely N-dealkylation sites (tertiary alicyclic amines) is 1. The Balaban J connectivity index is 2.15. The van der Waals surface area contributed by atoms with Crippen molar-refractivity contribution in [2.45, 2.75) is 32.2 Å². The maximum Gasteiger partial charge on any atom is 0.222 e. The smallest absolute Gasteiger partial charge is 0.222 e. The van der Waals surface area contributed by atoms with Crippen LogP contribution in [0.5, 0.6) is 0 Å². The number of thioether (sulfide) groups is 1. The summed E-state index contributed by atoms with van der Waals surface area (Å²) in [6, 6.07) is 0.623. The Labute approximate surface area is 97.0 Å². The first-order valence-electron chi connectivity index (χ1n) is 5.78. The minimum absolute atomic E-state index is 0.303. The molecule has 15 heavy (non-hydrogen) atoms. The quantitative estimate of drug-likeness (QED) is 0.723. The van der Waals surface area contributed by atoms with E-state index in [0.717, 1.165) is 32.5 Å². The van der Waals surface area contributed by atoms with Gasteiger partial charge in [-0.2, -0.15) is 11.8 Å². The molecule has 0 aliphatic carbocycles. The molecule has 0 bridgehead atoms. The molecule has 88 valence electrons. The van der Waals surface area contributed by atoms with E-state index in [0.29, 0.717) is 18.4 Å². The Bertz CT molecular complexity index is 191. The van der Waals surface area contributed by atoms with Crippen molar-refractivity contribution in [2.75, 3.05) is 31.6 Å². The van der Waals surface area contributed by atoms with Gasteiger partial charge in [-0.15, -0.1) is 0 Å². The molecule has 0 aromatic rings. The Morgan fingerprint density at radius 2 is 2.13 bits per heavy atom. The monoisotopic (exact) mass is 230 g/mol. The molecule has 0 aromatic heterocycles. The number of hydrogen-bond donors (Lipinski definition) is 1. The number of carbonyl (C=O) groups is 1. The number of piperidine rings is 1. The Hall–Kier alpha value is -0.220. The van der Waals surface area contributed by atoms with Crippen molar-refractivity contribution >= 4 is 17.7 Å². The lowest BCUT2D eigenvalue weighted by Gasteiger charge is -2.32. The van der Waals surface area contributed by atoms with Crippen molar-refractivity contribution < 1.29 is 4.79 Å². The van der Waals surface area contributed by atoms with Crippen molar-refractivity contribution in [3.63, 3.8) is 0 Å². The zero-order valence-corrected chi connectivity index (χ0v) is 10.6. The van der Waals surface area contributed by atoms with Gasteiger partial charge in [0, 0.05) is 37.8 Å². The van der Waals surface area contributed by atoms with Crippen LogP contribution in [0.2, 0.25) is 0 Å². The van der Waals surface area contributed by atoms with E-state index >= 15 is 0 Å². The van der Waals surface area contributed by atoms with Crippen LogP contribution in [0.3, 0.4) is 0 Å². The Kier molecular flexibility index (Phi) is 6.10. The van der Waals surface area contributed by atoms with Crippen molar-refractivity contribution in [3.05, 3.63) is 0 Å². The summed E-state index contributed by atoms with van der Waals surface area (Å²) in [5.74, 6) is 1.48. The number of nitrogens with one attached hydrogen (secondary N) is 1. The highest BCUT2D eigenvalue weighted by atomic mass is 32.2. The van der Waals surface area contributed by atoms with Crippen molar-refractivity contribution in [1.29, 1.82) is 0 Å². The molecule has 0 spiro atoms. The molecular formula is C11H22N2OS. The van der Waals surface area contributed by atoms with Crippen LogP contribution in [-0.4, -0.2) is 48.5 Å². The summed E-state index contributed by atoms with van der Waals surface area (Å²) >= 11 is 1.87. The Morgan fingerprint density at radius 3 is 2.67 bits per heavy atom. The maximum atomic E-state index is 11.4. The normalized spacial score (nSPS) is 18.1. The number of rotatable bonds is 5. The number of amides is 1. The second kappa shape index (κ2) is 7.12. The summed E-state index contributed by atoms with van der Waals surface area (Å²) in [6.07, 6.45) is 5.00. The topological polar surface area (TPSA) is 32.3 Å². The zero-order valence-electron chi connectivity index (χ0n) is 9.79. The van der Waals surface area contributed by atoms with Gasteiger partial charge in [0.15, 0.2) is 0 Å². The third kappa shape index (κ3) is 4.43. The number of nitrogens with zero attached hydrogens (tertiary/aromatic N) is 1. The van der Waals surface area contributed by atoms with Crippen LogP contribution in [0.4, 0.5) is 0 Å². The summed E-state index contributed by atoms with van der Waals surface area (Å²) in [6.45, 7) is 4.89. The molecule has 1 aliphatic rings. The Morgan fingerprint density at radius 1 is 1.47 bits per heavy atom. The van der Waals surface area contributed by atoms with Crippen molar-refractivity contribution in [2.24, 2.45) is 0 Å². The molecule has 1 fully saturated rings. The third-order valence-electron chi connectivity index (χ3n) is 2.89. The van der Waals surface area contributed by atoms with Crippen LogP contribution in [0, 0.1) is 0 Å². The third-order valence-corrected chi connectivity index (χ3v) is 3.50. The van der Waals surface area contributed by atoms with E-state index in [4.69, 9.17) is 0 Å². The van der Waals surface area contributed by atoms with Crippen LogP contribution in [0.15, 0.2) is 0 Å². The highest BCUT2D eigenvalue weighted by Gasteiger charge is 2.20. The molecule has 1 rings (SSSR count).